The van der Waals surface area contributed by atoms with E-state index >= 15 is 0 Å². The monoisotopic (exact) mass is 384 g/mol. The van der Waals surface area contributed by atoms with Crippen molar-refractivity contribution in [2.45, 2.75) is 12.8 Å². The Labute approximate surface area is 161 Å². The van der Waals surface area contributed by atoms with Crippen molar-refractivity contribution in [1.82, 2.24) is 0 Å². The van der Waals surface area contributed by atoms with Crippen molar-refractivity contribution in [3.05, 3.63) is 48.5 Å². The van der Waals surface area contributed by atoms with Gasteiger partial charge in [0.1, 0.15) is 18.0 Å². The average molecular weight is 384 g/mol. The number of nitrogens with zero attached hydrogens (tertiary/aromatic N) is 1. The highest BCUT2D eigenvalue weighted by Crippen LogP contribution is 2.31. The largest absolute Gasteiger partial charge is 0.494 e. The number of fused-ring (bicyclic) bond motifs is 1. The molecule has 0 spiro atoms. The summed E-state index contributed by atoms with van der Waals surface area (Å²) in [6, 6.07) is 13.8. The lowest BCUT2D eigenvalue weighted by atomic mass is 10.2. The third-order valence-electron chi connectivity index (χ3n) is 4.05. The number of benzene rings is 2. The van der Waals surface area contributed by atoms with Gasteiger partial charge in [-0.15, -0.1) is 0 Å². The van der Waals surface area contributed by atoms with Crippen LogP contribution < -0.4 is 19.7 Å². The van der Waals surface area contributed by atoms with Crippen LogP contribution in [0.5, 0.6) is 11.5 Å². The lowest BCUT2D eigenvalue weighted by Crippen LogP contribution is -2.43. The fraction of sp³-hybridized carbons (Fsp3) is 0.250. The summed E-state index contributed by atoms with van der Waals surface area (Å²) < 4.78 is 10.8. The van der Waals surface area contributed by atoms with Crippen LogP contribution in [0.3, 0.4) is 0 Å². The number of carboxylic acid groups (broad SMARTS) is 1. The van der Waals surface area contributed by atoms with Crippen LogP contribution in [0.1, 0.15) is 12.8 Å². The van der Waals surface area contributed by atoms with E-state index in [2.05, 4.69) is 5.32 Å². The van der Waals surface area contributed by atoms with Crippen molar-refractivity contribution in [3.63, 3.8) is 0 Å². The Balaban J connectivity index is 1.54. The Kier molecular flexibility index (Phi) is 6.11. The Morgan fingerprint density at radius 3 is 2.64 bits per heavy atom. The van der Waals surface area contributed by atoms with Gasteiger partial charge in [-0.2, -0.15) is 0 Å². The molecule has 0 aromatic heterocycles. The molecule has 2 amide bonds. The van der Waals surface area contributed by atoms with E-state index in [1.54, 1.807) is 48.5 Å². The zero-order chi connectivity index (χ0) is 19.9. The van der Waals surface area contributed by atoms with Gasteiger partial charge in [0.2, 0.25) is 5.91 Å². The molecule has 0 atom stereocenters. The number of hydrogen-bond acceptors (Lipinski definition) is 5. The van der Waals surface area contributed by atoms with Gasteiger partial charge in [0.05, 0.1) is 12.3 Å². The number of nitrogens with one attached hydrogen (secondary N) is 1. The molecular formula is C20H20N2O6. The van der Waals surface area contributed by atoms with Gasteiger partial charge in [0, 0.05) is 12.1 Å². The first-order chi connectivity index (χ1) is 13.5. The van der Waals surface area contributed by atoms with E-state index in [1.165, 1.54) is 4.90 Å². The van der Waals surface area contributed by atoms with Crippen LogP contribution in [0.25, 0.3) is 0 Å². The molecule has 2 aromatic carbocycles. The molecule has 0 bridgehead atoms. The van der Waals surface area contributed by atoms with Crippen molar-refractivity contribution in [2.24, 2.45) is 0 Å². The van der Waals surface area contributed by atoms with Crippen molar-refractivity contribution in [2.75, 3.05) is 30.0 Å². The van der Waals surface area contributed by atoms with Crippen molar-refractivity contribution < 1.29 is 29.0 Å². The first-order valence-electron chi connectivity index (χ1n) is 8.79. The van der Waals surface area contributed by atoms with E-state index in [1.807, 2.05) is 0 Å². The predicted molar refractivity (Wildman–Crippen MR) is 102 cm³/mol. The molecule has 0 unspecified atom stereocenters. The van der Waals surface area contributed by atoms with Crippen LogP contribution in [0.2, 0.25) is 0 Å². The van der Waals surface area contributed by atoms with Gasteiger partial charge < -0.3 is 19.9 Å². The molecule has 1 aliphatic rings. The minimum atomic E-state index is -0.858. The van der Waals surface area contributed by atoms with Crippen molar-refractivity contribution >= 4 is 29.2 Å². The van der Waals surface area contributed by atoms with Gasteiger partial charge in [0.15, 0.2) is 6.61 Å². The fourth-order valence-corrected chi connectivity index (χ4v) is 2.72. The molecule has 1 aliphatic heterocycles. The summed E-state index contributed by atoms with van der Waals surface area (Å²) in [7, 11) is 0. The topological polar surface area (TPSA) is 105 Å². The normalized spacial score (nSPS) is 12.7. The summed E-state index contributed by atoms with van der Waals surface area (Å²) in [6.07, 6.45) is 0.473. The smallest absolute Gasteiger partial charge is 0.303 e. The molecule has 1 heterocycles. The van der Waals surface area contributed by atoms with E-state index < -0.39 is 5.97 Å². The maximum atomic E-state index is 12.4. The second-order valence-corrected chi connectivity index (χ2v) is 6.15. The molecule has 0 fully saturated rings. The molecule has 0 saturated heterocycles. The molecule has 146 valence electrons. The zero-order valence-electron chi connectivity index (χ0n) is 15.1. The first-order valence-corrected chi connectivity index (χ1v) is 8.79. The van der Waals surface area contributed by atoms with Gasteiger partial charge in [-0.3, -0.25) is 19.3 Å². The van der Waals surface area contributed by atoms with Gasteiger partial charge >= 0.3 is 5.97 Å². The van der Waals surface area contributed by atoms with E-state index in [9.17, 15) is 14.4 Å². The number of carboxylic acids is 1. The van der Waals surface area contributed by atoms with E-state index in [0.29, 0.717) is 35.9 Å². The quantitative estimate of drug-likeness (QED) is 0.677. The second kappa shape index (κ2) is 8.90. The van der Waals surface area contributed by atoms with E-state index in [4.69, 9.17) is 14.6 Å². The lowest BCUT2D eigenvalue weighted by molar-refractivity contribution is -0.137. The van der Waals surface area contributed by atoms with E-state index in [0.717, 1.165) is 0 Å². The zero-order valence-corrected chi connectivity index (χ0v) is 15.1. The van der Waals surface area contributed by atoms with Crippen LogP contribution in [0, 0.1) is 0 Å². The maximum absolute atomic E-state index is 12.4. The van der Waals surface area contributed by atoms with Gasteiger partial charge in [-0.25, -0.2) is 0 Å². The molecule has 8 heteroatoms. The molecular weight excluding hydrogens is 364 g/mol. The Morgan fingerprint density at radius 2 is 1.89 bits per heavy atom. The lowest BCUT2D eigenvalue weighted by Gasteiger charge is -2.28. The minimum absolute atomic E-state index is 0.0531. The molecule has 0 radical (unpaired) electrons. The Morgan fingerprint density at radius 1 is 1.14 bits per heavy atom. The molecule has 0 aliphatic carbocycles. The summed E-state index contributed by atoms with van der Waals surface area (Å²) >= 11 is 0. The number of anilines is 2. The minimum Gasteiger partial charge on any atom is -0.494 e. The summed E-state index contributed by atoms with van der Waals surface area (Å²) in [4.78, 5) is 36.3. The Hall–Kier alpha value is -3.55. The highest BCUT2D eigenvalue weighted by Gasteiger charge is 2.26. The molecule has 2 N–H and O–H groups in total. The van der Waals surface area contributed by atoms with Crippen LogP contribution >= 0.6 is 0 Å². The fourth-order valence-electron chi connectivity index (χ4n) is 2.72. The number of hydrogen-bond donors (Lipinski definition) is 2. The van der Waals surface area contributed by atoms with Crippen molar-refractivity contribution in [1.29, 1.82) is 0 Å². The summed E-state index contributed by atoms with van der Waals surface area (Å²) in [5, 5.41) is 11.3. The SMILES string of the molecule is O=C(O)CCCOc1ccc(NC(=O)CN2C(=O)COc3ccccc32)cc1. The van der Waals surface area contributed by atoms with Crippen LogP contribution in [-0.2, 0) is 14.4 Å². The molecule has 2 aromatic rings. The molecule has 3 rings (SSSR count). The predicted octanol–water partition coefficient (Wildman–Crippen LogP) is 2.29. The average Bonchev–Trinajstić information content (AvgIpc) is 2.68. The summed E-state index contributed by atoms with van der Waals surface area (Å²) in [5.41, 5.74) is 1.14. The highest BCUT2D eigenvalue weighted by molar-refractivity contribution is 6.04. The molecule has 8 nitrogen and oxygen atoms in total. The number of amides is 2. The van der Waals surface area contributed by atoms with Crippen LogP contribution in [0.4, 0.5) is 11.4 Å². The first kappa shape index (κ1) is 19.2. The number of carbonyl (C=O) groups excluding carboxylic acids is 2. The second-order valence-electron chi connectivity index (χ2n) is 6.15. The number of rotatable bonds is 8. The van der Waals surface area contributed by atoms with Gasteiger partial charge in [-0.05, 0) is 42.8 Å². The number of para-hydroxylation sites is 2. The number of carbonyl (C=O) groups is 3. The maximum Gasteiger partial charge on any atom is 0.303 e. The van der Waals surface area contributed by atoms with E-state index in [-0.39, 0.29) is 31.4 Å². The third kappa shape index (κ3) is 5.00. The molecule has 28 heavy (non-hydrogen) atoms. The van der Waals surface area contributed by atoms with Gasteiger partial charge in [-0.1, -0.05) is 12.1 Å². The highest BCUT2D eigenvalue weighted by atomic mass is 16.5. The summed E-state index contributed by atoms with van der Waals surface area (Å²) in [6.45, 7) is 0.0847. The Bertz CT molecular complexity index is 865. The molecule has 0 saturated carbocycles. The van der Waals surface area contributed by atoms with Crippen molar-refractivity contribution in [3.8, 4) is 11.5 Å². The van der Waals surface area contributed by atoms with Crippen LogP contribution in [-0.4, -0.2) is 42.6 Å². The van der Waals surface area contributed by atoms with Gasteiger partial charge in [0.25, 0.3) is 5.91 Å². The number of ether oxygens (including phenoxy) is 2. The summed E-state index contributed by atoms with van der Waals surface area (Å²) in [5.74, 6) is -0.317. The third-order valence-corrected chi connectivity index (χ3v) is 4.05. The number of aliphatic carboxylic acids is 1. The van der Waals surface area contributed by atoms with Crippen LogP contribution in [0.15, 0.2) is 48.5 Å². The standard InChI is InChI=1S/C20H20N2O6/c23-18(12-22-16-4-1-2-5-17(16)28-13-19(22)24)21-14-7-9-15(10-8-14)27-11-3-6-20(25)26/h1-2,4-5,7-10H,3,6,11-13H2,(H,21,23)(H,25,26).